The minimum absolute atomic E-state index is 0.0439. The second-order valence-electron chi connectivity index (χ2n) is 6.01. The third-order valence-electron chi connectivity index (χ3n) is 4.26. The Hall–Kier alpha value is -2.31. The predicted molar refractivity (Wildman–Crippen MR) is 103 cm³/mol. The van der Waals surface area contributed by atoms with Crippen molar-refractivity contribution in [2.45, 2.75) is 23.8 Å². The molecule has 0 saturated carbocycles. The Bertz CT molecular complexity index is 959. The zero-order valence-electron chi connectivity index (χ0n) is 14.1. The van der Waals surface area contributed by atoms with Gasteiger partial charge in [-0.3, -0.25) is 4.79 Å². The average molecular weight is 386 g/mol. The molecule has 1 aliphatic heterocycles. The van der Waals surface area contributed by atoms with E-state index in [1.807, 2.05) is 42.2 Å². The average Bonchev–Trinajstić information content (AvgIpc) is 3.28. The van der Waals surface area contributed by atoms with E-state index in [9.17, 15) is 4.79 Å². The van der Waals surface area contributed by atoms with Crippen molar-refractivity contribution in [3.63, 3.8) is 0 Å². The summed E-state index contributed by atoms with van der Waals surface area (Å²) in [6.07, 6.45) is 0.888. The van der Waals surface area contributed by atoms with Crippen LogP contribution in [0.2, 0.25) is 5.02 Å². The number of carbonyl (C=O) groups is 1. The molecule has 2 aromatic carbocycles. The largest absolute Gasteiger partial charge is 0.411 e. The highest BCUT2D eigenvalue weighted by Crippen LogP contribution is 2.32. The van der Waals surface area contributed by atoms with Gasteiger partial charge in [0.2, 0.25) is 11.8 Å². The van der Waals surface area contributed by atoms with Gasteiger partial charge in [0.15, 0.2) is 0 Å². The van der Waals surface area contributed by atoms with Gasteiger partial charge in [0.05, 0.1) is 5.25 Å². The number of anilines is 1. The number of aromatic nitrogens is 2. The van der Waals surface area contributed by atoms with Crippen LogP contribution >= 0.6 is 23.4 Å². The molecule has 26 heavy (non-hydrogen) atoms. The number of fused-ring (bicyclic) bond motifs is 1. The molecule has 0 unspecified atom stereocenters. The molecule has 0 fully saturated rings. The van der Waals surface area contributed by atoms with Crippen LogP contribution in [0.1, 0.15) is 12.5 Å². The van der Waals surface area contributed by atoms with Crippen molar-refractivity contribution < 1.29 is 9.21 Å². The molecule has 0 aliphatic carbocycles. The number of hydrogen-bond acceptors (Lipinski definition) is 5. The van der Waals surface area contributed by atoms with Crippen LogP contribution < -0.4 is 4.90 Å². The number of rotatable bonds is 4. The minimum Gasteiger partial charge on any atom is -0.411 e. The van der Waals surface area contributed by atoms with Crippen LogP contribution in [0.5, 0.6) is 0 Å². The summed E-state index contributed by atoms with van der Waals surface area (Å²) in [5.74, 6) is 0.434. The van der Waals surface area contributed by atoms with E-state index < -0.39 is 0 Å². The molecular weight excluding hydrogens is 370 g/mol. The first kappa shape index (κ1) is 17.1. The first-order chi connectivity index (χ1) is 12.6. The number of benzene rings is 2. The maximum atomic E-state index is 12.8. The second-order valence-corrected chi connectivity index (χ2v) is 7.74. The fraction of sp³-hybridized carbons (Fsp3) is 0.211. The van der Waals surface area contributed by atoms with Gasteiger partial charge in [-0.2, -0.15) is 0 Å². The summed E-state index contributed by atoms with van der Waals surface area (Å²) < 4.78 is 5.69. The molecule has 132 valence electrons. The predicted octanol–water partition coefficient (Wildman–Crippen LogP) is 4.46. The maximum absolute atomic E-state index is 12.8. The fourth-order valence-corrected chi connectivity index (χ4v) is 3.92. The van der Waals surface area contributed by atoms with Crippen LogP contribution in [0.25, 0.3) is 11.5 Å². The summed E-state index contributed by atoms with van der Waals surface area (Å²) in [5, 5.41) is 8.75. The maximum Gasteiger partial charge on any atom is 0.277 e. The number of amides is 1. The molecule has 0 N–H and O–H groups in total. The zero-order chi connectivity index (χ0) is 18.1. The third kappa shape index (κ3) is 3.34. The van der Waals surface area contributed by atoms with Crippen molar-refractivity contribution in [3.05, 3.63) is 59.1 Å². The van der Waals surface area contributed by atoms with E-state index in [1.54, 1.807) is 12.1 Å². The van der Waals surface area contributed by atoms with E-state index in [2.05, 4.69) is 16.3 Å². The van der Waals surface area contributed by atoms with E-state index in [1.165, 1.54) is 17.3 Å². The van der Waals surface area contributed by atoms with Gasteiger partial charge in [-0.25, -0.2) is 0 Å². The Kier molecular flexibility index (Phi) is 4.70. The smallest absolute Gasteiger partial charge is 0.277 e. The van der Waals surface area contributed by atoms with Gasteiger partial charge < -0.3 is 9.32 Å². The second kappa shape index (κ2) is 7.13. The van der Waals surface area contributed by atoms with E-state index in [0.717, 1.165) is 17.7 Å². The van der Waals surface area contributed by atoms with Crippen molar-refractivity contribution in [3.8, 4) is 11.5 Å². The molecule has 0 spiro atoms. The van der Waals surface area contributed by atoms with Crippen molar-refractivity contribution in [1.82, 2.24) is 10.2 Å². The first-order valence-electron chi connectivity index (χ1n) is 8.27. The van der Waals surface area contributed by atoms with Gasteiger partial charge in [0, 0.05) is 22.8 Å². The Morgan fingerprint density at radius 1 is 1.23 bits per heavy atom. The zero-order valence-corrected chi connectivity index (χ0v) is 15.6. The van der Waals surface area contributed by atoms with Crippen LogP contribution in [0.4, 0.5) is 5.69 Å². The van der Waals surface area contributed by atoms with Crippen LogP contribution in [0.15, 0.2) is 58.2 Å². The Labute approximate surface area is 160 Å². The van der Waals surface area contributed by atoms with Gasteiger partial charge in [-0.1, -0.05) is 47.6 Å². The van der Waals surface area contributed by atoms with Crippen LogP contribution in [0.3, 0.4) is 0 Å². The van der Waals surface area contributed by atoms with E-state index in [0.29, 0.717) is 22.7 Å². The van der Waals surface area contributed by atoms with Crippen molar-refractivity contribution in [2.24, 2.45) is 0 Å². The number of hydrogen-bond donors (Lipinski definition) is 0. The molecule has 7 heteroatoms. The van der Waals surface area contributed by atoms with Gasteiger partial charge in [-0.05, 0) is 43.2 Å². The van der Waals surface area contributed by atoms with Gasteiger partial charge >= 0.3 is 0 Å². The van der Waals surface area contributed by atoms with E-state index in [-0.39, 0.29) is 11.2 Å². The minimum atomic E-state index is -0.325. The summed E-state index contributed by atoms with van der Waals surface area (Å²) in [6.45, 7) is 2.57. The van der Waals surface area contributed by atoms with Crippen molar-refractivity contribution >= 4 is 35.0 Å². The van der Waals surface area contributed by atoms with Crippen LogP contribution in [0, 0.1) is 0 Å². The number of para-hydroxylation sites is 1. The quantitative estimate of drug-likeness (QED) is 0.620. The van der Waals surface area contributed by atoms with Crippen molar-refractivity contribution in [1.29, 1.82) is 0 Å². The molecule has 5 nitrogen and oxygen atoms in total. The van der Waals surface area contributed by atoms with Crippen molar-refractivity contribution in [2.75, 3.05) is 11.4 Å². The fourth-order valence-electron chi connectivity index (χ4n) is 2.98. The highest BCUT2D eigenvalue weighted by molar-refractivity contribution is 8.00. The molecule has 1 atom stereocenters. The van der Waals surface area contributed by atoms with Crippen LogP contribution in [-0.4, -0.2) is 27.9 Å². The highest BCUT2D eigenvalue weighted by atomic mass is 35.5. The molecule has 4 rings (SSSR count). The number of halogens is 1. The summed E-state index contributed by atoms with van der Waals surface area (Å²) in [7, 11) is 0. The van der Waals surface area contributed by atoms with Crippen LogP contribution in [-0.2, 0) is 11.2 Å². The molecular formula is C19H16ClN3O2S. The lowest BCUT2D eigenvalue weighted by molar-refractivity contribution is -0.117. The van der Waals surface area contributed by atoms with E-state index in [4.69, 9.17) is 16.0 Å². The number of carbonyl (C=O) groups excluding carboxylic acids is 1. The summed E-state index contributed by atoms with van der Waals surface area (Å²) in [5.41, 5.74) is 2.96. The standard InChI is InChI=1S/C19H16ClN3O2S/c1-12(18(24)23-10-9-13-5-2-3-8-16(13)23)26-19-22-21-17(25-19)14-6-4-7-15(20)11-14/h2-8,11-12H,9-10H2,1H3/t12-/m1/s1. The number of nitrogens with zero attached hydrogens (tertiary/aromatic N) is 3. The molecule has 0 radical (unpaired) electrons. The monoisotopic (exact) mass is 385 g/mol. The lowest BCUT2D eigenvalue weighted by Gasteiger charge is -2.20. The van der Waals surface area contributed by atoms with Gasteiger partial charge in [0.25, 0.3) is 5.22 Å². The first-order valence-corrected chi connectivity index (χ1v) is 9.53. The Morgan fingerprint density at radius 2 is 2.08 bits per heavy atom. The lowest BCUT2D eigenvalue weighted by atomic mass is 10.2. The van der Waals surface area contributed by atoms with Gasteiger partial charge in [-0.15, -0.1) is 10.2 Å². The molecule has 0 saturated heterocycles. The lowest BCUT2D eigenvalue weighted by Crippen LogP contribution is -2.35. The Morgan fingerprint density at radius 3 is 2.92 bits per heavy atom. The summed E-state index contributed by atoms with van der Waals surface area (Å²) in [6, 6.07) is 15.2. The molecule has 3 aromatic rings. The topological polar surface area (TPSA) is 59.2 Å². The summed E-state index contributed by atoms with van der Waals surface area (Å²) in [4.78, 5) is 14.7. The Balaban J connectivity index is 1.47. The highest BCUT2D eigenvalue weighted by Gasteiger charge is 2.29. The van der Waals surface area contributed by atoms with Gasteiger partial charge in [0.1, 0.15) is 0 Å². The molecule has 1 amide bonds. The number of thioether (sulfide) groups is 1. The SMILES string of the molecule is C[C@@H](Sc1nnc(-c2cccc(Cl)c2)o1)C(=O)N1CCc2ccccc21. The van der Waals surface area contributed by atoms with E-state index >= 15 is 0 Å². The molecule has 0 bridgehead atoms. The normalized spacial score (nSPS) is 14.3. The summed E-state index contributed by atoms with van der Waals surface area (Å²) >= 11 is 7.26. The third-order valence-corrected chi connectivity index (χ3v) is 5.41. The molecule has 1 aliphatic rings. The molecule has 1 aromatic heterocycles. The molecule has 2 heterocycles.